The van der Waals surface area contributed by atoms with E-state index < -0.39 is 12.8 Å². The number of ether oxygens (including phenoxy) is 1. The van der Waals surface area contributed by atoms with E-state index >= 15 is 0 Å². The highest BCUT2D eigenvalue weighted by Gasteiger charge is 2.28. The van der Waals surface area contributed by atoms with Gasteiger partial charge in [0.15, 0.2) is 12.6 Å². The molecule has 25 heavy (non-hydrogen) atoms. The van der Waals surface area contributed by atoms with E-state index in [-0.39, 0.29) is 5.75 Å². The highest BCUT2D eigenvalue weighted by Crippen LogP contribution is 2.19. The first kappa shape index (κ1) is 19.1. The normalized spacial score (nSPS) is 12.1. The Balaban J connectivity index is 1.84. The Labute approximate surface area is 148 Å². The van der Waals surface area contributed by atoms with Crippen molar-refractivity contribution in [3.63, 3.8) is 0 Å². The minimum absolute atomic E-state index is 0.189. The minimum Gasteiger partial charge on any atom is -0.484 e. The second kappa shape index (κ2) is 8.75. The van der Waals surface area contributed by atoms with Crippen molar-refractivity contribution < 1.29 is 17.9 Å². The third kappa shape index (κ3) is 7.04. The predicted octanol–water partition coefficient (Wildman–Crippen LogP) is 3.86. The van der Waals surface area contributed by atoms with Gasteiger partial charge in [-0.2, -0.15) is 13.2 Å². The predicted molar refractivity (Wildman–Crippen MR) is 94.1 cm³/mol. The van der Waals surface area contributed by atoms with Crippen molar-refractivity contribution in [1.82, 2.24) is 10.6 Å². The van der Waals surface area contributed by atoms with Gasteiger partial charge in [-0.25, -0.2) is 0 Å². The average molecular weight is 371 g/mol. The van der Waals surface area contributed by atoms with Crippen molar-refractivity contribution >= 4 is 17.3 Å². The van der Waals surface area contributed by atoms with Crippen molar-refractivity contribution in [3.8, 4) is 5.75 Å². The second-order valence-electron chi connectivity index (χ2n) is 5.34. The van der Waals surface area contributed by atoms with Crippen molar-refractivity contribution in [2.45, 2.75) is 26.2 Å². The fourth-order valence-corrected chi connectivity index (χ4v) is 2.90. The van der Waals surface area contributed by atoms with Crippen LogP contribution in [0.1, 0.15) is 15.3 Å². The molecular weight excluding hydrogens is 351 g/mol. The summed E-state index contributed by atoms with van der Waals surface area (Å²) in [4.78, 5) is 6.58. The largest absolute Gasteiger partial charge is 0.484 e. The fourth-order valence-electron chi connectivity index (χ4n) is 2.07. The third-order valence-electron chi connectivity index (χ3n) is 3.21. The smallest absolute Gasteiger partial charge is 0.422 e. The van der Waals surface area contributed by atoms with E-state index in [1.54, 1.807) is 30.5 Å². The molecule has 0 atom stereocenters. The molecule has 1 aromatic carbocycles. The zero-order chi connectivity index (χ0) is 18.3. The summed E-state index contributed by atoms with van der Waals surface area (Å²) in [5.74, 6) is 0.807. The Kier molecular flexibility index (Phi) is 6.69. The highest BCUT2D eigenvalue weighted by molar-refractivity contribution is 7.11. The van der Waals surface area contributed by atoms with Crippen molar-refractivity contribution in [3.05, 3.63) is 51.7 Å². The van der Waals surface area contributed by atoms with Gasteiger partial charge in [-0.05, 0) is 36.8 Å². The van der Waals surface area contributed by atoms with Gasteiger partial charge in [-0.1, -0.05) is 12.1 Å². The Hall–Kier alpha value is -2.22. The van der Waals surface area contributed by atoms with Crippen LogP contribution in [-0.2, 0) is 13.1 Å². The standard InChI is InChI=1S/C17H20F3N3OS/c1-12-6-7-15(25-12)10-23-16(21-2)22-9-13-4-3-5-14(8-13)24-11-17(18,19)20/h3-8H,9-11H2,1-2H3,(H2,21,22,23). The highest BCUT2D eigenvalue weighted by atomic mass is 32.1. The number of nitrogens with one attached hydrogen (secondary N) is 2. The lowest BCUT2D eigenvalue weighted by Crippen LogP contribution is -2.36. The van der Waals surface area contributed by atoms with Gasteiger partial charge in [0.05, 0.1) is 6.54 Å². The van der Waals surface area contributed by atoms with Gasteiger partial charge in [0, 0.05) is 23.3 Å². The number of hydrogen-bond donors (Lipinski definition) is 2. The quantitative estimate of drug-likeness (QED) is 0.599. The number of aryl methyl sites for hydroxylation is 1. The lowest BCUT2D eigenvalue weighted by molar-refractivity contribution is -0.153. The Morgan fingerprint density at radius 2 is 1.92 bits per heavy atom. The van der Waals surface area contributed by atoms with Crippen LogP contribution < -0.4 is 15.4 Å². The van der Waals surface area contributed by atoms with E-state index in [9.17, 15) is 13.2 Å². The van der Waals surface area contributed by atoms with Crippen LogP contribution in [0, 0.1) is 6.92 Å². The summed E-state index contributed by atoms with van der Waals surface area (Å²) in [5, 5.41) is 6.33. The number of benzene rings is 1. The van der Waals surface area contributed by atoms with Crippen molar-refractivity contribution in [2.75, 3.05) is 13.7 Å². The molecule has 0 saturated heterocycles. The van der Waals surface area contributed by atoms with Gasteiger partial charge in [0.25, 0.3) is 0 Å². The number of aliphatic imine (C=N–C) groups is 1. The maximum atomic E-state index is 12.2. The summed E-state index contributed by atoms with van der Waals surface area (Å²) >= 11 is 1.71. The molecule has 0 aliphatic carbocycles. The van der Waals surface area contributed by atoms with E-state index in [4.69, 9.17) is 4.74 Å². The van der Waals surface area contributed by atoms with E-state index in [2.05, 4.69) is 34.7 Å². The van der Waals surface area contributed by atoms with Crippen LogP contribution in [0.25, 0.3) is 0 Å². The van der Waals surface area contributed by atoms with Crippen LogP contribution in [0.3, 0.4) is 0 Å². The molecule has 0 bridgehead atoms. The summed E-state index contributed by atoms with van der Waals surface area (Å²) in [6.45, 7) is 1.84. The van der Waals surface area contributed by atoms with E-state index in [0.29, 0.717) is 19.0 Å². The van der Waals surface area contributed by atoms with Gasteiger partial charge in [0.1, 0.15) is 5.75 Å². The molecule has 8 heteroatoms. The summed E-state index contributed by atoms with van der Waals surface area (Å²) in [7, 11) is 1.66. The van der Waals surface area contributed by atoms with Gasteiger partial charge in [0.2, 0.25) is 0 Å². The van der Waals surface area contributed by atoms with Crippen LogP contribution in [0.5, 0.6) is 5.75 Å². The molecule has 0 radical (unpaired) electrons. The van der Waals surface area contributed by atoms with Crippen LogP contribution in [0.15, 0.2) is 41.4 Å². The zero-order valence-electron chi connectivity index (χ0n) is 14.0. The van der Waals surface area contributed by atoms with E-state index in [1.807, 2.05) is 6.07 Å². The third-order valence-corrected chi connectivity index (χ3v) is 4.21. The Bertz CT molecular complexity index is 713. The molecule has 0 unspecified atom stereocenters. The van der Waals surface area contributed by atoms with Crippen LogP contribution in [-0.4, -0.2) is 25.8 Å². The second-order valence-corrected chi connectivity index (χ2v) is 6.72. The molecule has 0 aliphatic heterocycles. The van der Waals surface area contributed by atoms with E-state index in [1.165, 1.54) is 15.8 Å². The maximum Gasteiger partial charge on any atom is 0.422 e. The zero-order valence-corrected chi connectivity index (χ0v) is 14.8. The molecule has 0 amide bonds. The van der Waals surface area contributed by atoms with Gasteiger partial charge >= 0.3 is 6.18 Å². The number of halogens is 3. The van der Waals surface area contributed by atoms with Crippen LogP contribution >= 0.6 is 11.3 Å². The molecule has 4 nitrogen and oxygen atoms in total. The molecule has 1 aromatic heterocycles. The number of hydrogen-bond acceptors (Lipinski definition) is 3. The van der Waals surface area contributed by atoms with Gasteiger partial charge in [-0.3, -0.25) is 4.99 Å². The molecular formula is C17H20F3N3OS. The molecule has 0 spiro atoms. The molecule has 136 valence electrons. The SMILES string of the molecule is CN=C(NCc1cccc(OCC(F)(F)F)c1)NCc1ccc(C)s1. The van der Waals surface area contributed by atoms with Crippen LogP contribution in [0.4, 0.5) is 13.2 Å². The summed E-state index contributed by atoms with van der Waals surface area (Å²) < 4.78 is 41.4. The first-order chi connectivity index (χ1) is 11.9. The number of alkyl halides is 3. The molecule has 2 aromatic rings. The molecule has 0 fully saturated rings. The lowest BCUT2D eigenvalue weighted by Gasteiger charge is -2.13. The Morgan fingerprint density at radius 1 is 1.16 bits per heavy atom. The summed E-state index contributed by atoms with van der Waals surface area (Å²) in [6.07, 6.45) is -4.35. The van der Waals surface area contributed by atoms with Crippen LogP contribution in [0.2, 0.25) is 0 Å². The summed E-state index contributed by atoms with van der Waals surface area (Å²) in [5.41, 5.74) is 0.801. The average Bonchev–Trinajstić information content (AvgIpc) is 2.98. The molecule has 0 saturated carbocycles. The lowest BCUT2D eigenvalue weighted by atomic mass is 10.2. The van der Waals surface area contributed by atoms with Crippen molar-refractivity contribution in [2.24, 2.45) is 4.99 Å². The number of thiophene rings is 1. The monoisotopic (exact) mass is 371 g/mol. The Morgan fingerprint density at radius 3 is 2.56 bits per heavy atom. The van der Waals surface area contributed by atoms with Gasteiger partial charge in [-0.15, -0.1) is 11.3 Å². The molecule has 2 rings (SSSR count). The van der Waals surface area contributed by atoms with Crippen molar-refractivity contribution in [1.29, 1.82) is 0 Å². The maximum absolute atomic E-state index is 12.2. The molecule has 0 aliphatic rings. The number of guanidine groups is 1. The van der Waals surface area contributed by atoms with E-state index in [0.717, 1.165) is 5.56 Å². The molecule has 2 N–H and O–H groups in total. The minimum atomic E-state index is -4.35. The number of rotatable bonds is 6. The topological polar surface area (TPSA) is 45.7 Å². The first-order valence-electron chi connectivity index (χ1n) is 7.64. The van der Waals surface area contributed by atoms with Gasteiger partial charge < -0.3 is 15.4 Å². The first-order valence-corrected chi connectivity index (χ1v) is 8.46. The number of nitrogens with zero attached hydrogens (tertiary/aromatic N) is 1. The molecule has 1 heterocycles. The fraction of sp³-hybridized carbons (Fsp3) is 0.353. The summed E-state index contributed by atoms with van der Waals surface area (Å²) in [6, 6.07) is 10.7.